The maximum Gasteiger partial charge on any atom is 0.177 e. The molecule has 0 amide bonds. The molecule has 1 aromatic rings. The maximum atomic E-state index is 13.4. The van der Waals surface area contributed by atoms with E-state index in [-0.39, 0.29) is 17.6 Å². The van der Waals surface area contributed by atoms with Gasteiger partial charge in [0.2, 0.25) is 0 Å². The molecule has 156 valence electrons. The van der Waals surface area contributed by atoms with Gasteiger partial charge in [0.25, 0.3) is 0 Å². The number of carbonyl (C=O) groups excluding carboxylic acids is 1. The van der Waals surface area contributed by atoms with Crippen molar-refractivity contribution < 1.29 is 19.4 Å². The molecule has 2 aliphatic heterocycles. The number of phenols is 1. The van der Waals surface area contributed by atoms with E-state index >= 15 is 0 Å². The predicted octanol–water partition coefficient (Wildman–Crippen LogP) is 3.35. The molecule has 1 aromatic carbocycles. The van der Waals surface area contributed by atoms with Gasteiger partial charge in [-0.25, -0.2) is 0 Å². The highest BCUT2D eigenvalue weighted by Crippen LogP contribution is 2.69. The summed E-state index contributed by atoms with van der Waals surface area (Å²) in [5.41, 5.74) is 0.421. The molecule has 2 saturated carbocycles. The van der Waals surface area contributed by atoms with E-state index in [4.69, 9.17) is 9.47 Å². The molecule has 1 spiro atoms. The van der Waals surface area contributed by atoms with Crippen molar-refractivity contribution in [2.75, 3.05) is 19.7 Å². The van der Waals surface area contributed by atoms with E-state index in [9.17, 15) is 9.90 Å². The number of benzene rings is 1. The number of ether oxygens (including phenoxy) is 2. The van der Waals surface area contributed by atoms with Crippen LogP contribution < -0.4 is 4.74 Å². The van der Waals surface area contributed by atoms with E-state index in [0.29, 0.717) is 18.8 Å². The van der Waals surface area contributed by atoms with Crippen LogP contribution in [-0.2, 0) is 21.4 Å². The van der Waals surface area contributed by atoms with Crippen LogP contribution in [0.1, 0.15) is 63.5 Å². The molecule has 2 heterocycles. The highest BCUT2D eigenvalue weighted by Gasteiger charge is 2.78. The van der Waals surface area contributed by atoms with E-state index < -0.39 is 16.6 Å². The van der Waals surface area contributed by atoms with Gasteiger partial charge in [0, 0.05) is 31.2 Å². The minimum atomic E-state index is -0.959. The molecule has 3 fully saturated rings. The van der Waals surface area contributed by atoms with Crippen LogP contribution in [0.25, 0.3) is 0 Å². The smallest absolute Gasteiger partial charge is 0.177 e. The van der Waals surface area contributed by atoms with Gasteiger partial charge in [0.05, 0.1) is 11.0 Å². The first-order valence-corrected chi connectivity index (χ1v) is 11.4. The van der Waals surface area contributed by atoms with Gasteiger partial charge in [-0.3, -0.25) is 9.69 Å². The molecule has 1 saturated heterocycles. The second-order valence-electron chi connectivity index (χ2n) is 10.1. The molecule has 5 nitrogen and oxygen atoms in total. The van der Waals surface area contributed by atoms with Gasteiger partial charge in [-0.2, -0.15) is 0 Å². The van der Waals surface area contributed by atoms with Crippen molar-refractivity contribution >= 4 is 5.78 Å². The van der Waals surface area contributed by atoms with Crippen LogP contribution in [-0.4, -0.2) is 52.7 Å². The zero-order chi connectivity index (χ0) is 20.0. The zero-order valence-electron chi connectivity index (χ0n) is 17.5. The minimum Gasteiger partial charge on any atom is -0.504 e. The maximum absolute atomic E-state index is 13.4. The van der Waals surface area contributed by atoms with Crippen LogP contribution in [0.4, 0.5) is 0 Å². The van der Waals surface area contributed by atoms with Gasteiger partial charge < -0.3 is 14.6 Å². The largest absolute Gasteiger partial charge is 0.504 e. The van der Waals surface area contributed by atoms with E-state index in [0.717, 1.165) is 50.3 Å². The third-order valence-electron chi connectivity index (χ3n) is 8.67. The average molecular weight is 398 g/mol. The standard InChI is InChI=1S/C24H31NO4/c1-3-12-28-24-9-8-19(27)22(2)23(24)10-11-25(14-15-4-5-15)18(24)13-16-6-7-17(26)21(29-22)20(16)23/h6-7,15,18,26H,3-5,8-14H2,1-2H3/t18-,22+,23+,24?/m1/s1. The molecular weight excluding hydrogens is 366 g/mol. The van der Waals surface area contributed by atoms with Crippen molar-refractivity contribution in [1.29, 1.82) is 0 Å². The SMILES string of the molecule is CCCOC12CCC(=O)[C@]3(C)Oc4c(O)ccc5c4[C@]13CCN(CC1CC1)[C@@H]2C5. The Kier molecular flexibility index (Phi) is 3.62. The Balaban J connectivity index is 1.61. The normalized spacial score (nSPS) is 39.9. The molecular formula is C24H31NO4. The predicted molar refractivity (Wildman–Crippen MR) is 108 cm³/mol. The molecule has 29 heavy (non-hydrogen) atoms. The molecule has 6 rings (SSSR count). The highest BCUT2D eigenvalue weighted by atomic mass is 16.5. The summed E-state index contributed by atoms with van der Waals surface area (Å²) >= 11 is 0. The van der Waals surface area contributed by atoms with Crippen molar-refractivity contribution in [2.45, 2.75) is 81.5 Å². The Hall–Kier alpha value is -1.59. The van der Waals surface area contributed by atoms with Crippen molar-refractivity contribution in [3.63, 3.8) is 0 Å². The molecule has 4 atom stereocenters. The Morgan fingerprint density at radius 1 is 1.31 bits per heavy atom. The summed E-state index contributed by atoms with van der Waals surface area (Å²) in [4.78, 5) is 16.0. The number of phenolic OH excluding ortho intramolecular Hbond substituents is 1. The van der Waals surface area contributed by atoms with E-state index in [1.165, 1.54) is 18.4 Å². The fourth-order valence-electron chi connectivity index (χ4n) is 7.26. The Bertz CT molecular complexity index is 895. The van der Waals surface area contributed by atoms with E-state index in [2.05, 4.69) is 17.9 Å². The number of rotatable bonds is 5. The summed E-state index contributed by atoms with van der Waals surface area (Å²) in [6.07, 6.45) is 6.64. The van der Waals surface area contributed by atoms with Crippen molar-refractivity contribution in [1.82, 2.24) is 4.90 Å². The van der Waals surface area contributed by atoms with Gasteiger partial charge in [-0.05, 0) is 69.5 Å². The molecule has 2 bridgehead atoms. The molecule has 0 radical (unpaired) electrons. The number of hydrogen-bond donors (Lipinski definition) is 1. The van der Waals surface area contributed by atoms with Crippen LogP contribution in [0.15, 0.2) is 12.1 Å². The van der Waals surface area contributed by atoms with Gasteiger partial charge in [0.15, 0.2) is 22.9 Å². The Morgan fingerprint density at radius 3 is 2.90 bits per heavy atom. The molecule has 5 heteroatoms. The number of hydrogen-bond acceptors (Lipinski definition) is 5. The van der Waals surface area contributed by atoms with Gasteiger partial charge >= 0.3 is 0 Å². The third kappa shape index (κ3) is 2.01. The molecule has 1 N–H and O–H groups in total. The van der Waals surface area contributed by atoms with Crippen LogP contribution in [0, 0.1) is 5.92 Å². The summed E-state index contributed by atoms with van der Waals surface area (Å²) < 4.78 is 13.3. The highest BCUT2D eigenvalue weighted by molar-refractivity contribution is 5.94. The summed E-state index contributed by atoms with van der Waals surface area (Å²) in [7, 11) is 0. The molecule has 0 aromatic heterocycles. The minimum absolute atomic E-state index is 0.157. The molecule has 1 unspecified atom stereocenters. The van der Waals surface area contributed by atoms with Crippen molar-refractivity contribution in [2.24, 2.45) is 5.92 Å². The van der Waals surface area contributed by atoms with Crippen LogP contribution in [0.2, 0.25) is 0 Å². The topological polar surface area (TPSA) is 59.0 Å². The van der Waals surface area contributed by atoms with Crippen molar-refractivity contribution in [3.8, 4) is 11.5 Å². The quantitative estimate of drug-likeness (QED) is 0.826. The zero-order valence-corrected chi connectivity index (χ0v) is 17.5. The number of nitrogens with zero attached hydrogens (tertiary/aromatic N) is 1. The number of carbonyl (C=O) groups is 1. The first-order chi connectivity index (χ1) is 14.0. The summed E-state index contributed by atoms with van der Waals surface area (Å²) in [6.45, 7) is 6.94. The van der Waals surface area contributed by atoms with Crippen LogP contribution >= 0.6 is 0 Å². The number of Topliss-reactive ketones (excluding diaryl/α,β-unsaturated/α-hetero) is 1. The average Bonchev–Trinajstić information content (AvgIpc) is 3.47. The summed E-state index contributed by atoms with van der Waals surface area (Å²) in [5.74, 6) is 1.68. The lowest BCUT2D eigenvalue weighted by molar-refractivity contribution is -0.231. The fourth-order valence-corrected chi connectivity index (χ4v) is 7.26. The Labute approximate surface area is 172 Å². The third-order valence-corrected chi connectivity index (χ3v) is 8.67. The van der Waals surface area contributed by atoms with Crippen molar-refractivity contribution in [3.05, 3.63) is 23.3 Å². The van der Waals surface area contributed by atoms with Crippen LogP contribution in [0.5, 0.6) is 11.5 Å². The lowest BCUT2D eigenvalue weighted by Crippen LogP contribution is -2.80. The Morgan fingerprint density at radius 2 is 2.14 bits per heavy atom. The van der Waals surface area contributed by atoms with Crippen LogP contribution in [0.3, 0.4) is 0 Å². The first kappa shape index (κ1) is 18.2. The second kappa shape index (κ2) is 5.76. The summed E-state index contributed by atoms with van der Waals surface area (Å²) in [5, 5.41) is 10.7. The van der Waals surface area contributed by atoms with Gasteiger partial charge in [-0.1, -0.05) is 13.0 Å². The number of aromatic hydroxyl groups is 1. The number of piperidine rings is 1. The first-order valence-electron chi connectivity index (χ1n) is 11.4. The van der Waals surface area contributed by atoms with E-state index in [1.807, 2.05) is 6.92 Å². The van der Waals surface area contributed by atoms with Gasteiger partial charge in [-0.15, -0.1) is 0 Å². The number of likely N-dealkylation sites (tertiary alicyclic amines) is 1. The molecule has 3 aliphatic carbocycles. The lowest BCUT2D eigenvalue weighted by Gasteiger charge is -2.66. The van der Waals surface area contributed by atoms with E-state index in [1.54, 1.807) is 6.07 Å². The fraction of sp³-hybridized carbons (Fsp3) is 0.708. The van der Waals surface area contributed by atoms with Gasteiger partial charge in [0.1, 0.15) is 0 Å². The second-order valence-corrected chi connectivity index (χ2v) is 10.1. The monoisotopic (exact) mass is 397 g/mol. The summed E-state index contributed by atoms with van der Waals surface area (Å²) in [6, 6.07) is 4.07. The lowest BCUT2D eigenvalue weighted by atomic mass is 9.45. The number of ketones is 1. The molecule has 5 aliphatic rings.